The quantitative estimate of drug-likeness (QED) is 0.751. The monoisotopic (exact) mass is 228 g/mol. The van der Waals surface area contributed by atoms with Crippen LogP contribution in [0.3, 0.4) is 0 Å². The molecule has 4 heteroatoms. The molecule has 1 aliphatic heterocycles. The van der Waals surface area contributed by atoms with Gasteiger partial charge in [-0.2, -0.15) is 5.10 Å². The number of benzene rings is 1. The maximum absolute atomic E-state index is 4.30. The van der Waals surface area contributed by atoms with Crippen molar-refractivity contribution in [2.75, 3.05) is 17.3 Å². The minimum atomic E-state index is 0.881. The highest BCUT2D eigenvalue weighted by molar-refractivity contribution is 5.78. The molecule has 0 unspecified atom stereocenters. The molecule has 4 nitrogen and oxygen atoms in total. The van der Waals surface area contributed by atoms with E-state index in [-0.39, 0.29) is 0 Å². The first-order chi connectivity index (χ1) is 8.15. The number of nitrogens with one attached hydrogen (secondary N) is 1. The van der Waals surface area contributed by atoms with Crippen molar-refractivity contribution in [1.82, 2.24) is 9.78 Å². The van der Waals surface area contributed by atoms with Crippen molar-refractivity contribution in [3.05, 3.63) is 35.5 Å². The number of hydrogen-bond donors (Lipinski definition) is 1. The Balaban J connectivity index is 2.16. The zero-order valence-electron chi connectivity index (χ0n) is 10.4. The zero-order chi connectivity index (χ0) is 12.0. The molecule has 0 amide bonds. The Morgan fingerprint density at radius 2 is 2.12 bits per heavy atom. The molecule has 0 atom stereocenters. The molecular weight excluding hydrogens is 212 g/mol. The first-order valence-corrected chi connectivity index (χ1v) is 5.75. The predicted molar refractivity (Wildman–Crippen MR) is 69.8 cm³/mol. The molecule has 1 N–H and O–H groups in total. The van der Waals surface area contributed by atoms with E-state index in [4.69, 9.17) is 0 Å². The van der Waals surface area contributed by atoms with Crippen molar-refractivity contribution in [2.45, 2.75) is 13.5 Å². The highest BCUT2D eigenvalue weighted by atomic mass is 15.3. The van der Waals surface area contributed by atoms with Gasteiger partial charge in [0.25, 0.3) is 0 Å². The largest absolute Gasteiger partial charge is 0.368 e. The fourth-order valence-electron chi connectivity index (χ4n) is 2.31. The second kappa shape index (κ2) is 3.52. The number of aromatic nitrogens is 2. The van der Waals surface area contributed by atoms with Crippen molar-refractivity contribution in [3.8, 4) is 0 Å². The molecule has 17 heavy (non-hydrogen) atoms. The van der Waals surface area contributed by atoms with Crippen LogP contribution in [0.25, 0.3) is 0 Å². The summed E-state index contributed by atoms with van der Waals surface area (Å²) in [5, 5.41) is 7.78. The van der Waals surface area contributed by atoms with E-state index < -0.39 is 0 Å². The smallest absolute Gasteiger partial charge is 0.133 e. The second-order valence-corrected chi connectivity index (χ2v) is 4.64. The third-order valence-electron chi connectivity index (χ3n) is 3.24. The summed E-state index contributed by atoms with van der Waals surface area (Å²) in [4.78, 5) is 2.25. The zero-order valence-corrected chi connectivity index (χ0v) is 10.4. The van der Waals surface area contributed by atoms with E-state index in [1.54, 1.807) is 0 Å². The van der Waals surface area contributed by atoms with Crippen LogP contribution in [0.1, 0.15) is 11.1 Å². The first-order valence-electron chi connectivity index (χ1n) is 5.75. The summed E-state index contributed by atoms with van der Waals surface area (Å²) in [5.74, 6) is 1.08. The van der Waals surface area contributed by atoms with Gasteiger partial charge < -0.3 is 10.2 Å². The number of rotatable bonds is 0. The second-order valence-electron chi connectivity index (χ2n) is 4.64. The van der Waals surface area contributed by atoms with E-state index in [9.17, 15) is 0 Å². The summed E-state index contributed by atoms with van der Waals surface area (Å²) < 4.78 is 1.89. The molecule has 0 saturated heterocycles. The predicted octanol–water partition coefficient (Wildman–Crippen LogP) is 2.42. The average Bonchev–Trinajstić information content (AvgIpc) is 2.56. The number of fused-ring (bicyclic) bond motifs is 2. The third-order valence-corrected chi connectivity index (χ3v) is 3.24. The van der Waals surface area contributed by atoms with Crippen LogP contribution in [0, 0.1) is 6.92 Å². The first kappa shape index (κ1) is 10.2. The van der Waals surface area contributed by atoms with Crippen LogP contribution in [0.4, 0.5) is 17.2 Å². The van der Waals surface area contributed by atoms with Gasteiger partial charge in [0.15, 0.2) is 0 Å². The lowest BCUT2D eigenvalue weighted by Crippen LogP contribution is -2.15. The van der Waals surface area contributed by atoms with Crippen LogP contribution in [-0.4, -0.2) is 16.8 Å². The Hall–Kier alpha value is -1.97. The maximum Gasteiger partial charge on any atom is 0.133 e. The third kappa shape index (κ3) is 1.56. The standard InChI is InChI=1S/C13H16N4/c1-9-4-5-12-11(6-9)15-13-10(8-16(12)2)7-14-17(13)3/h4-7,15H,8H2,1-3H3. The van der Waals surface area contributed by atoms with Gasteiger partial charge in [0, 0.05) is 26.2 Å². The van der Waals surface area contributed by atoms with Crippen molar-refractivity contribution in [1.29, 1.82) is 0 Å². The van der Waals surface area contributed by atoms with Gasteiger partial charge in [-0.25, -0.2) is 0 Å². The van der Waals surface area contributed by atoms with Crippen molar-refractivity contribution < 1.29 is 0 Å². The molecule has 88 valence electrons. The summed E-state index contributed by atoms with van der Waals surface area (Å²) in [7, 11) is 4.07. The van der Waals surface area contributed by atoms with E-state index in [1.165, 1.54) is 16.8 Å². The SMILES string of the molecule is Cc1ccc2c(c1)Nc1c(cnn1C)CN2C. The summed E-state index contributed by atoms with van der Waals surface area (Å²) in [6.07, 6.45) is 1.93. The molecule has 1 aromatic heterocycles. The fraction of sp³-hybridized carbons (Fsp3) is 0.308. The number of aryl methyl sites for hydroxylation is 2. The molecule has 0 radical (unpaired) electrons. The van der Waals surface area contributed by atoms with Crippen molar-refractivity contribution in [3.63, 3.8) is 0 Å². The molecule has 2 aromatic rings. The Morgan fingerprint density at radius 1 is 1.29 bits per heavy atom. The Kier molecular flexibility index (Phi) is 2.11. The maximum atomic E-state index is 4.30. The Morgan fingerprint density at radius 3 is 2.94 bits per heavy atom. The van der Waals surface area contributed by atoms with Gasteiger partial charge >= 0.3 is 0 Å². The highest BCUT2D eigenvalue weighted by Crippen LogP contribution is 2.34. The Labute approximate surface area is 101 Å². The van der Waals surface area contributed by atoms with Gasteiger partial charge in [-0.05, 0) is 24.6 Å². The van der Waals surface area contributed by atoms with Crippen LogP contribution in [0.5, 0.6) is 0 Å². The summed E-state index contributed by atoms with van der Waals surface area (Å²) in [6.45, 7) is 2.99. The number of hydrogen-bond acceptors (Lipinski definition) is 3. The minimum absolute atomic E-state index is 0.881. The van der Waals surface area contributed by atoms with Crippen molar-refractivity contribution >= 4 is 17.2 Å². The molecule has 0 aliphatic carbocycles. The van der Waals surface area contributed by atoms with E-state index in [0.29, 0.717) is 0 Å². The van der Waals surface area contributed by atoms with E-state index in [0.717, 1.165) is 18.1 Å². The molecular formula is C13H16N4. The van der Waals surface area contributed by atoms with Crippen LogP contribution in [-0.2, 0) is 13.6 Å². The van der Waals surface area contributed by atoms with E-state index in [2.05, 4.69) is 47.5 Å². The van der Waals surface area contributed by atoms with Crippen LogP contribution in [0.15, 0.2) is 24.4 Å². The lowest BCUT2D eigenvalue weighted by molar-refractivity contribution is 0.776. The topological polar surface area (TPSA) is 33.1 Å². The molecule has 2 heterocycles. The molecule has 0 spiro atoms. The van der Waals surface area contributed by atoms with Gasteiger partial charge in [0.2, 0.25) is 0 Å². The molecule has 1 aromatic carbocycles. The normalized spacial score (nSPS) is 13.7. The molecule has 1 aliphatic rings. The number of anilines is 3. The van der Waals surface area contributed by atoms with E-state index in [1.807, 2.05) is 17.9 Å². The Bertz CT molecular complexity index is 571. The summed E-state index contributed by atoms with van der Waals surface area (Å²) in [5.41, 5.74) is 4.86. The lowest BCUT2D eigenvalue weighted by Gasteiger charge is -2.19. The highest BCUT2D eigenvalue weighted by Gasteiger charge is 2.18. The van der Waals surface area contributed by atoms with Gasteiger partial charge in [-0.1, -0.05) is 6.07 Å². The van der Waals surface area contributed by atoms with Gasteiger partial charge in [-0.3, -0.25) is 4.68 Å². The lowest BCUT2D eigenvalue weighted by atomic mass is 10.2. The van der Waals surface area contributed by atoms with Crippen LogP contribution >= 0.6 is 0 Å². The summed E-state index contributed by atoms with van der Waals surface area (Å²) >= 11 is 0. The van der Waals surface area contributed by atoms with E-state index >= 15 is 0 Å². The fourth-order valence-corrected chi connectivity index (χ4v) is 2.31. The molecule has 0 fully saturated rings. The average molecular weight is 228 g/mol. The molecule has 3 rings (SSSR count). The van der Waals surface area contributed by atoms with Gasteiger partial charge in [0.1, 0.15) is 5.82 Å². The van der Waals surface area contributed by atoms with Crippen LogP contribution in [0.2, 0.25) is 0 Å². The van der Waals surface area contributed by atoms with Gasteiger partial charge in [-0.15, -0.1) is 0 Å². The van der Waals surface area contributed by atoms with Crippen molar-refractivity contribution in [2.24, 2.45) is 7.05 Å². The summed E-state index contributed by atoms with van der Waals surface area (Å²) in [6, 6.07) is 6.48. The van der Waals surface area contributed by atoms with Crippen LogP contribution < -0.4 is 10.2 Å². The van der Waals surface area contributed by atoms with Gasteiger partial charge in [0.05, 0.1) is 17.6 Å². The molecule has 0 saturated carbocycles. The molecule has 0 bridgehead atoms. The minimum Gasteiger partial charge on any atom is -0.368 e. The number of nitrogens with zero attached hydrogens (tertiary/aromatic N) is 3.